The molecule has 22 heavy (non-hydrogen) atoms. The summed E-state index contributed by atoms with van der Waals surface area (Å²) in [6.07, 6.45) is 13.8. The minimum atomic E-state index is 0.0397. The van der Waals surface area contributed by atoms with Crippen LogP contribution in [0.1, 0.15) is 50.5 Å². The molecular weight excluding hydrogens is 268 g/mol. The Kier molecular flexibility index (Phi) is 3.68. The van der Waals surface area contributed by atoms with Gasteiger partial charge in [0, 0.05) is 5.41 Å². The van der Waals surface area contributed by atoms with Gasteiger partial charge in [-0.15, -0.1) is 0 Å². The van der Waals surface area contributed by atoms with Gasteiger partial charge in [0.2, 0.25) is 0 Å². The van der Waals surface area contributed by atoms with Gasteiger partial charge in [-0.2, -0.15) is 0 Å². The van der Waals surface area contributed by atoms with Gasteiger partial charge in [-0.3, -0.25) is 4.79 Å². The fourth-order valence-electron chi connectivity index (χ4n) is 5.67. The summed E-state index contributed by atoms with van der Waals surface area (Å²) in [5.74, 6) is 3.01. The first-order valence-corrected chi connectivity index (χ1v) is 8.98. The number of allylic oxidation sites excluding steroid dienone is 2. The maximum absolute atomic E-state index is 12.8. The lowest BCUT2D eigenvalue weighted by Crippen LogP contribution is -2.49. The largest absolute Gasteiger partial charge is 0.294 e. The molecule has 0 amide bonds. The van der Waals surface area contributed by atoms with E-state index in [1.807, 2.05) is 6.08 Å². The van der Waals surface area contributed by atoms with Crippen molar-refractivity contribution in [3.05, 3.63) is 48.0 Å². The highest BCUT2D eigenvalue weighted by Crippen LogP contribution is 2.60. The highest BCUT2D eigenvalue weighted by atomic mass is 16.1. The molecule has 0 aromatic heterocycles. The topological polar surface area (TPSA) is 17.1 Å². The van der Waals surface area contributed by atoms with Gasteiger partial charge in [0.1, 0.15) is 0 Å². The van der Waals surface area contributed by atoms with Crippen LogP contribution in [-0.2, 0) is 11.2 Å². The minimum Gasteiger partial charge on any atom is -0.294 e. The summed E-state index contributed by atoms with van der Waals surface area (Å²) in [6, 6.07) is 10.5. The molecule has 5 rings (SSSR count). The predicted molar refractivity (Wildman–Crippen MR) is 89.5 cm³/mol. The van der Waals surface area contributed by atoms with Crippen molar-refractivity contribution in [3.63, 3.8) is 0 Å². The van der Waals surface area contributed by atoms with Gasteiger partial charge in [0.25, 0.3) is 0 Å². The third kappa shape index (κ3) is 2.66. The Morgan fingerprint density at radius 3 is 2.18 bits per heavy atom. The average molecular weight is 294 g/mol. The van der Waals surface area contributed by atoms with Crippen molar-refractivity contribution in [1.29, 1.82) is 0 Å². The molecule has 0 atom stereocenters. The van der Waals surface area contributed by atoms with E-state index < -0.39 is 0 Å². The molecule has 0 heterocycles. The van der Waals surface area contributed by atoms with Gasteiger partial charge in [-0.25, -0.2) is 0 Å². The molecule has 0 aliphatic heterocycles. The number of hydrogen-bond acceptors (Lipinski definition) is 1. The van der Waals surface area contributed by atoms with Gasteiger partial charge in [0.05, 0.1) is 0 Å². The van der Waals surface area contributed by atoms with Crippen LogP contribution in [0.2, 0.25) is 0 Å². The zero-order chi connectivity index (χ0) is 15.0. The molecule has 1 aromatic rings. The highest BCUT2D eigenvalue weighted by molar-refractivity contribution is 5.95. The smallest absolute Gasteiger partial charge is 0.161 e. The van der Waals surface area contributed by atoms with Crippen LogP contribution >= 0.6 is 0 Å². The summed E-state index contributed by atoms with van der Waals surface area (Å²) < 4.78 is 0. The third-order valence-electron chi connectivity index (χ3n) is 6.27. The Morgan fingerprint density at radius 2 is 1.59 bits per heavy atom. The average Bonchev–Trinajstić information content (AvgIpc) is 2.51. The third-order valence-corrected chi connectivity index (χ3v) is 6.27. The van der Waals surface area contributed by atoms with E-state index in [1.54, 1.807) is 0 Å². The molecular formula is C21H26O. The zero-order valence-corrected chi connectivity index (χ0v) is 13.3. The number of rotatable bonds is 5. The van der Waals surface area contributed by atoms with Crippen LogP contribution in [-0.4, -0.2) is 5.78 Å². The van der Waals surface area contributed by atoms with E-state index >= 15 is 0 Å². The van der Waals surface area contributed by atoms with Crippen LogP contribution in [0.25, 0.3) is 0 Å². The Bertz CT molecular complexity index is 534. The molecule has 0 spiro atoms. The SMILES string of the molecule is O=C(/C=C/CCc1ccccc1)C12CC3CC(CC(C3)C1)C2. The molecule has 4 saturated carbocycles. The molecule has 1 aromatic carbocycles. The first-order chi connectivity index (χ1) is 10.7. The molecule has 1 heteroatoms. The van der Waals surface area contributed by atoms with E-state index in [2.05, 4.69) is 36.4 Å². The van der Waals surface area contributed by atoms with E-state index in [4.69, 9.17) is 0 Å². The van der Waals surface area contributed by atoms with Gasteiger partial charge in [-0.05, 0) is 80.8 Å². The normalized spacial score (nSPS) is 36.1. The second-order valence-electron chi connectivity index (χ2n) is 7.99. The zero-order valence-electron chi connectivity index (χ0n) is 13.3. The molecule has 4 aliphatic carbocycles. The summed E-state index contributed by atoms with van der Waals surface area (Å²) >= 11 is 0. The number of benzene rings is 1. The van der Waals surface area contributed by atoms with E-state index in [1.165, 1.54) is 44.1 Å². The fraction of sp³-hybridized carbons (Fsp3) is 0.571. The molecule has 0 radical (unpaired) electrons. The van der Waals surface area contributed by atoms with Crippen LogP contribution in [0, 0.1) is 23.2 Å². The van der Waals surface area contributed by atoms with E-state index in [9.17, 15) is 4.79 Å². The van der Waals surface area contributed by atoms with Crippen molar-refractivity contribution < 1.29 is 4.79 Å². The summed E-state index contributed by atoms with van der Waals surface area (Å²) in [5.41, 5.74) is 1.40. The standard InChI is InChI=1S/C21H26O/c22-20(9-5-4-8-16-6-2-1-3-7-16)21-13-17-10-18(14-21)12-19(11-17)15-21/h1-3,5-7,9,17-19H,4,8,10-15H2/b9-5+. The number of hydrogen-bond donors (Lipinski definition) is 0. The summed E-state index contributed by atoms with van der Waals surface area (Å²) in [6.45, 7) is 0. The van der Waals surface area contributed by atoms with Crippen LogP contribution in [0.15, 0.2) is 42.5 Å². The number of aryl methyl sites for hydroxylation is 1. The number of carbonyl (C=O) groups is 1. The molecule has 116 valence electrons. The van der Waals surface area contributed by atoms with Crippen molar-refractivity contribution in [2.45, 2.75) is 51.4 Å². The Hall–Kier alpha value is -1.37. The van der Waals surface area contributed by atoms with Crippen LogP contribution in [0.3, 0.4) is 0 Å². The molecule has 4 aliphatic rings. The number of ketones is 1. The van der Waals surface area contributed by atoms with Gasteiger partial charge < -0.3 is 0 Å². The van der Waals surface area contributed by atoms with Crippen molar-refractivity contribution >= 4 is 5.78 Å². The Labute approximate surface area is 133 Å². The lowest BCUT2D eigenvalue weighted by molar-refractivity contribution is -0.138. The maximum Gasteiger partial charge on any atom is 0.161 e. The minimum absolute atomic E-state index is 0.0397. The monoisotopic (exact) mass is 294 g/mol. The van der Waals surface area contributed by atoms with Crippen LogP contribution in [0.5, 0.6) is 0 Å². The summed E-state index contributed by atoms with van der Waals surface area (Å²) in [7, 11) is 0. The number of carbonyl (C=O) groups excluding carboxylic acids is 1. The Balaban J connectivity index is 1.37. The van der Waals surface area contributed by atoms with Crippen molar-refractivity contribution in [3.8, 4) is 0 Å². The van der Waals surface area contributed by atoms with Gasteiger partial charge >= 0.3 is 0 Å². The van der Waals surface area contributed by atoms with E-state index in [-0.39, 0.29) is 5.41 Å². The molecule has 4 fully saturated rings. The van der Waals surface area contributed by atoms with Crippen LogP contribution < -0.4 is 0 Å². The first-order valence-electron chi connectivity index (χ1n) is 8.98. The van der Waals surface area contributed by atoms with Crippen molar-refractivity contribution in [1.82, 2.24) is 0 Å². The lowest BCUT2D eigenvalue weighted by atomic mass is 9.48. The quantitative estimate of drug-likeness (QED) is 0.701. The lowest BCUT2D eigenvalue weighted by Gasteiger charge is -2.55. The Morgan fingerprint density at radius 1 is 1.00 bits per heavy atom. The van der Waals surface area contributed by atoms with Gasteiger partial charge in [-0.1, -0.05) is 36.4 Å². The van der Waals surface area contributed by atoms with Gasteiger partial charge in [0.15, 0.2) is 5.78 Å². The predicted octanol–water partition coefficient (Wildman–Crippen LogP) is 4.96. The van der Waals surface area contributed by atoms with Crippen molar-refractivity contribution in [2.75, 3.05) is 0 Å². The fourth-order valence-corrected chi connectivity index (χ4v) is 5.67. The summed E-state index contributed by atoms with van der Waals surface area (Å²) in [4.78, 5) is 12.8. The first kappa shape index (κ1) is 14.2. The maximum atomic E-state index is 12.8. The molecule has 0 unspecified atom stereocenters. The van der Waals surface area contributed by atoms with Crippen LogP contribution in [0.4, 0.5) is 0 Å². The van der Waals surface area contributed by atoms with E-state index in [0.29, 0.717) is 5.78 Å². The molecule has 1 nitrogen and oxygen atoms in total. The molecule has 0 N–H and O–H groups in total. The molecule has 4 bridgehead atoms. The summed E-state index contributed by atoms with van der Waals surface area (Å²) in [5, 5.41) is 0. The molecule has 0 saturated heterocycles. The van der Waals surface area contributed by atoms with Crippen molar-refractivity contribution in [2.24, 2.45) is 23.2 Å². The highest BCUT2D eigenvalue weighted by Gasteiger charge is 2.53. The second-order valence-corrected chi connectivity index (χ2v) is 7.99. The van der Waals surface area contributed by atoms with E-state index in [0.717, 1.165) is 30.6 Å². The second kappa shape index (κ2) is 5.68.